The van der Waals surface area contributed by atoms with Gasteiger partial charge in [-0.25, -0.2) is 9.97 Å². The molecule has 1 atom stereocenters. The Morgan fingerprint density at radius 2 is 2.31 bits per heavy atom. The Morgan fingerprint density at radius 1 is 1.54 bits per heavy atom. The number of ether oxygens (including phenoxy) is 1. The fourth-order valence-electron chi connectivity index (χ4n) is 1.13. The lowest BCUT2D eigenvalue weighted by Crippen LogP contribution is -2.11. The first-order valence-corrected chi connectivity index (χ1v) is 4.39. The van der Waals surface area contributed by atoms with Gasteiger partial charge < -0.3 is 10.5 Å². The summed E-state index contributed by atoms with van der Waals surface area (Å²) in [6.07, 6.45) is 3.46. The van der Waals surface area contributed by atoms with Crippen molar-refractivity contribution in [3.63, 3.8) is 0 Å². The van der Waals surface area contributed by atoms with Gasteiger partial charge >= 0.3 is 0 Å². The smallest absolute Gasteiger partial charge is 0.216 e. The average Bonchev–Trinajstić information content (AvgIpc) is 2.18. The molecule has 0 bridgehead atoms. The van der Waals surface area contributed by atoms with Gasteiger partial charge in [0, 0.05) is 12.1 Å². The second kappa shape index (κ2) is 4.77. The molecule has 0 aliphatic rings. The molecule has 0 saturated heterocycles. The van der Waals surface area contributed by atoms with Crippen molar-refractivity contribution in [1.82, 2.24) is 9.97 Å². The van der Waals surface area contributed by atoms with Crippen molar-refractivity contribution in [2.45, 2.75) is 25.8 Å². The number of nitrogens with zero attached hydrogens (tertiary/aromatic N) is 2. The highest BCUT2D eigenvalue weighted by Crippen LogP contribution is 2.15. The zero-order valence-corrected chi connectivity index (χ0v) is 8.03. The first-order valence-electron chi connectivity index (χ1n) is 4.39. The molecule has 0 radical (unpaired) electrons. The van der Waals surface area contributed by atoms with Gasteiger partial charge in [0.25, 0.3) is 0 Å². The maximum Gasteiger partial charge on any atom is 0.216 e. The zero-order valence-electron chi connectivity index (χ0n) is 8.03. The van der Waals surface area contributed by atoms with E-state index in [0.29, 0.717) is 5.88 Å². The van der Waals surface area contributed by atoms with Gasteiger partial charge in [0.15, 0.2) is 0 Å². The molecule has 1 aromatic heterocycles. The fraction of sp³-hybridized carbons (Fsp3) is 0.556. The summed E-state index contributed by atoms with van der Waals surface area (Å²) in [6.45, 7) is 2.10. The second-order valence-electron chi connectivity index (χ2n) is 2.88. The number of rotatable bonds is 4. The Morgan fingerprint density at radius 3 is 2.92 bits per heavy atom. The summed E-state index contributed by atoms with van der Waals surface area (Å²) < 4.78 is 4.98. The number of methoxy groups -OCH3 is 1. The van der Waals surface area contributed by atoms with Gasteiger partial charge in [0.05, 0.1) is 12.8 Å². The Labute approximate surface area is 78.1 Å². The van der Waals surface area contributed by atoms with Gasteiger partial charge in [-0.1, -0.05) is 13.3 Å². The lowest BCUT2D eigenvalue weighted by Gasteiger charge is -2.09. The molecule has 0 saturated carbocycles. The van der Waals surface area contributed by atoms with E-state index in [0.717, 1.165) is 18.5 Å². The molecule has 1 rings (SSSR count). The molecule has 13 heavy (non-hydrogen) atoms. The molecular weight excluding hydrogens is 166 g/mol. The maximum atomic E-state index is 5.88. The van der Waals surface area contributed by atoms with Crippen molar-refractivity contribution < 1.29 is 4.74 Å². The summed E-state index contributed by atoms with van der Waals surface area (Å²) in [6, 6.07) is 1.77. The first kappa shape index (κ1) is 9.92. The van der Waals surface area contributed by atoms with Crippen LogP contribution in [0.3, 0.4) is 0 Å². The van der Waals surface area contributed by atoms with Crippen molar-refractivity contribution in [2.24, 2.45) is 5.73 Å². The molecule has 0 aliphatic carbocycles. The van der Waals surface area contributed by atoms with Gasteiger partial charge in [-0.2, -0.15) is 0 Å². The Kier molecular flexibility index (Phi) is 3.64. The summed E-state index contributed by atoms with van der Waals surface area (Å²) >= 11 is 0. The van der Waals surface area contributed by atoms with Gasteiger partial charge in [-0.05, 0) is 6.42 Å². The average molecular weight is 181 g/mol. The van der Waals surface area contributed by atoms with E-state index in [9.17, 15) is 0 Å². The third-order valence-electron chi connectivity index (χ3n) is 1.85. The number of nitrogens with two attached hydrogens (primary N) is 1. The SMILES string of the molecule is CCC[C@@H](N)c1cc(OC)ncn1. The third kappa shape index (κ3) is 2.66. The van der Waals surface area contributed by atoms with E-state index in [4.69, 9.17) is 10.5 Å². The highest BCUT2D eigenvalue weighted by Gasteiger charge is 2.07. The van der Waals surface area contributed by atoms with Crippen LogP contribution in [-0.4, -0.2) is 17.1 Å². The summed E-state index contributed by atoms with van der Waals surface area (Å²) in [5.41, 5.74) is 6.72. The maximum absolute atomic E-state index is 5.88. The topological polar surface area (TPSA) is 61.0 Å². The molecule has 0 aromatic carbocycles. The van der Waals surface area contributed by atoms with Crippen molar-refractivity contribution in [3.05, 3.63) is 18.1 Å². The molecule has 4 heteroatoms. The van der Waals surface area contributed by atoms with E-state index >= 15 is 0 Å². The predicted molar refractivity (Wildman–Crippen MR) is 50.4 cm³/mol. The van der Waals surface area contributed by atoms with Crippen LogP contribution < -0.4 is 10.5 Å². The van der Waals surface area contributed by atoms with Crippen molar-refractivity contribution in [3.8, 4) is 5.88 Å². The van der Waals surface area contributed by atoms with E-state index in [1.807, 2.05) is 0 Å². The van der Waals surface area contributed by atoms with Crippen molar-refractivity contribution >= 4 is 0 Å². The van der Waals surface area contributed by atoms with Crippen LogP contribution in [0.25, 0.3) is 0 Å². The summed E-state index contributed by atoms with van der Waals surface area (Å²) in [5, 5.41) is 0. The number of hydrogen-bond donors (Lipinski definition) is 1. The minimum absolute atomic E-state index is 0.0121. The lowest BCUT2D eigenvalue weighted by molar-refractivity contribution is 0.395. The van der Waals surface area contributed by atoms with Crippen molar-refractivity contribution in [1.29, 1.82) is 0 Å². The van der Waals surface area contributed by atoms with Crippen LogP contribution in [0.2, 0.25) is 0 Å². The summed E-state index contributed by atoms with van der Waals surface area (Å²) in [4.78, 5) is 8.00. The molecule has 0 unspecified atom stereocenters. The molecule has 0 amide bonds. The largest absolute Gasteiger partial charge is 0.481 e. The number of aromatic nitrogens is 2. The van der Waals surface area contributed by atoms with E-state index in [1.165, 1.54) is 6.33 Å². The third-order valence-corrected chi connectivity index (χ3v) is 1.85. The summed E-state index contributed by atoms with van der Waals surface area (Å²) in [5.74, 6) is 0.566. The van der Waals surface area contributed by atoms with Crippen LogP contribution in [0.15, 0.2) is 12.4 Å². The standard InChI is InChI=1S/C9H15N3O/c1-3-4-7(10)8-5-9(13-2)12-6-11-8/h5-7H,3-4,10H2,1-2H3/t7-/m1/s1. The minimum Gasteiger partial charge on any atom is -0.481 e. The van der Waals surface area contributed by atoms with Crippen LogP contribution in [0.4, 0.5) is 0 Å². The molecule has 0 fully saturated rings. The van der Waals surface area contributed by atoms with Crippen LogP contribution in [-0.2, 0) is 0 Å². The molecule has 0 spiro atoms. The van der Waals surface area contributed by atoms with Crippen LogP contribution in [0, 0.1) is 0 Å². The molecule has 1 heterocycles. The molecule has 2 N–H and O–H groups in total. The van der Waals surface area contributed by atoms with Gasteiger partial charge in [-0.15, -0.1) is 0 Å². The lowest BCUT2D eigenvalue weighted by atomic mass is 10.1. The highest BCUT2D eigenvalue weighted by atomic mass is 16.5. The Balaban J connectivity index is 2.75. The van der Waals surface area contributed by atoms with Gasteiger partial charge in [0.2, 0.25) is 5.88 Å². The molecule has 72 valence electrons. The van der Waals surface area contributed by atoms with Gasteiger partial charge in [-0.3, -0.25) is 0 Å². The van der Waals surface area contributed by atoms with Crippen molar-refractivity contribution in [2.75, 3.05) is 7.11 Å². The Bertz CT molecular complexity index is 265. The minimum atomic E-state index is -0.0121. The highest BCUT2D eigenvalue weighted by molar-refractivity contribution is 5.15. The van der Waals surface area contributed by atoms with E-state index in [-0.39, 0.29) is 6.04 Å². The molecule has 4 nitrogen and oxygen atoms in total. The molecule has 1 aromatic rings. The van der Waals surface area contributed by atoms with Crippen LogP contribution in [0.5, 0.6) is 5.88 Å². The van der Waals surface area contributed by atoms with Gasteiger partial charge in [0.1, 0.15) is 6.33 Å². The zero-order chi connectivity index (χ0) is 9.68. The van der Waals surface area contributed by atoms with Crippen LogP contribution in [0.1, 0.15) is 31.5 Å². The quantitative estimate of drug-likeness (QED) is 0.760. The predicted octanol–water partition coefficient (Wildman–Crippen LogP) is 1.29. The number of hydrogen-bond acceptors (Lipinski definition) is 4. The van der Waals surface area contributed by atoms with E-state index < -0.39 is 0 Å². The molecule has 0 aliphatic heterocycles. The first-order chi connectivity index (χ1) is 6.27. The Hall–Kier alpha value is -1.16. The molecular formula is C9H15N3O. The monoisotopic (exact) mass is 181 g/mol. The fourth-order valence-corrected chi connectivity index (χ4v) is 1.13. The summed E-state index contributed by atoms with van der Waals surface area (Å²) in [7, 11) is 1.58. The normalized spacial score (nSPS) is 12.5. The van der Waals surface area contributed by atoms with E-state index in [1.54, 1.807) is 13.2 Å². The second-order valence-corrected chi connectivity index (χ2v) is 2.88. The van der Waals surface area contributed by atoms with E-state index in [2.05, 4.69) is 16.9 Å². The van der Waals surface area contributed by atoms with Crippen LogP contribution >= 0.6 is 0 Å².